The fourth-order valence-corrected chi connectivity index (χ4v) is 2.10. The molecule has 5 nitrogen and oxygen atoms in total. The highest BCUT2D eigenvalue weighted by Gasteiger charge is 2.15. The molecule has 0 atom stereocenters. The molecule has 0 bridgehead atoms. The molecule has 21 heavy (non-hydrogen) atoms. The minimum Gasteiger partial charge on any atom is -0.450 e. The summed E-state index contributed by atoms with van der Waals surface area (Å²) in [5.41, 5.74) is 1.63. The van der Waals surface area contributed by atoms with Gasteiger partial charge in [0, 0.05) is 17.6 Å². The lowest BCUT2D eigenvalue weighted by atomic mass is 10.2. The van der Waals surface area contributed by atoms with Crippen LogP contribution in [-0.2, 0) is 0 Å². The van der Waals surface area contributed by atoms with Crippen LogP contribution in [0.5, 0.6) is 11.5 Å². The van der Waals surface area contributed by atoms with Crippen molar-refractivity contribution < 1.29 is 9.66 Å². The molecule has 0 aliphatic rings. The average molecular weight is 280 g/mol. The molecular formula is C16H12N2O3. The topological polar surface area (TPSA) is 65.3 Å². The van der Waals surface area contributed by atoms with Crippen LogP contribution < -0.4 is 4.74 Å². The third-order valence-corrected chi connectivity index (χ3v) is 3.11. The summed E-state index contributed by atoms with van der Waals surface area (Å²) in [5, 5.41) is 12.0. The van der Waals surface area contributed by atoms with Gasteiger partial charge in [0.15, 0.2) is 0 Å². The number of hydrogen-bond donors (Lipinski definition) is 0. The first kappa shape index (κ1) is 13.1. The predicted molar refractivity (Wildman–Crippen MR) is 79.7 cm³/mol. The van der Waals surface area contributed by atoms with Crippen LogP contribution in [0.1, 0.15) is 5.56 Å². The van der Waals surface area contributed by atoms with E-state index in [1.165, 1.54) is 6.07 Å². The van der Waals surface area contributed by atoms with Crippen molar-refractivity contribution in [2.45, 2.75) is 6.92 Å². The van der Waals surface area contributed by atoms with E-state index >= 15 is 0 Å². The van der Waals surface area contributed by atoms with Crippen LogP contribution in [0.4, 0.5) is 5.69 Å². The number of pyridine rings is 1. The second-order valence-electron chi connectivity index (χ2n) is 4.69. The van der Waals surface area contributed by atoms with Crippen molar-refractivity contribution >= 4 is 16.6 Å². The number of nitro benzene ring substituents is 1. The molecule has 5 heteroatoms. The molecule has 0 saturated carbocycles. The summed E-state index contributed by atoms with van der Waals surface area (Å²) in [5.74, 6) is 0.774. The second-order valence-corrected chi connectivity index (χ2v) is 4.69. The summed E-state index contributed by atoms with van der Waals surface area (Å²) >= 11 is 0. The van der Waals surface area contributed by atoms with Gasteiger partial charge in [-0.25, -0.2) is 0 Å². The summed E-state index contributed by atoms with van der Waals surface area (Å²) in [6.45, 7) is 1.80. The molecular weight excluding hydrogens is 268 g/mol. The Morgan fingerprint density at radius 1 is 1.14 bits per heavy atom. The monoisotopic (exact) mass is 280 g/mol. The van der Waals surface area contributed by atoms with Gasteiger partial charge in [0.1, 0.15) is 5.75 Å². The van der Waals surface area contributed by atoms with Gasteiger partial charge in [0.25, 0.3) is 0 Å². The number of nitro groups is 1. The maximum Gasteiger partial charge on any atom is 0.311 e. The number of fused-ring (bicyclic) bond motifs is 1. The average Bonchev–Trinajstić information content (AvgIpc) is 2.49. The lowest BCUT2D eigenvalue weighted by Crippen LogP contribution is -1.94. The summed E-state index contributed by atoms with van der Waals surface area (Å²) in [6, 6.07) is 14.0. The van der Waals surface area contributed by atoms with Crippen molar-refractivity contribution in [3.8, 4) is 11.5 Å². The lowest BCUT2D eigenvalue weighted by Gasteiger charge is -2.07. The summed E-state index contributed by atoms with van der Waals surface area (Å²) in [6.07, 6.45) is 1.72. The highest BCUT2D eigenvalue weighted by Crippen LogP contribution is 2.32. The van der Waals surface area contributed by atoms with Crippen molar-refractivity contribution in [2.24, 2.45) is 0 Å². The summed E-state index contributed by atoms with van der Waals surface area (Å²) in [7, 11) is 0. The van der Waals surface area contributed by atoms with Crippen LogP contribution in [0.2, 0.25) is 0 Å². The maximum atomic E-state index is 11.1. The molecule has 0 spiro atoms. The van der Waals surface area contributed by atoms with E-state index in [0.29, 0.717) is 5.75 Å². The zero-order valence-electron chi connectivity index (χ0n) is 11.3. The molecule has 0 saturated heterocycles. The van der Waals surface area contributed by atoms with Crippen molar-refractivity contribution in [3.05, 3.63) is 70.4 Å². The Morgan fingerprint density at radius 3 is 2.81 bits per heavy atom. The molecule has 0 unspecified atom stereocenters. The number of benzene rings is 2. The fraction of sp³-hybridized carbons (Fsp3) is 0.0625. The van der Waals surface area contributed by atoms with Crippen molar-refractivity contribution in [3.63, 3.8) is 0 Å². The second kappa shape index (κ2) is 5.20. The first-order valence-corrected chi connectivity index (χ1v) is 6.41. The molecule has 3 rings (SSSR count). The van der Waals surface area contributed by atoms with Crippen LogP contribution in [0.3, 0.4) is 0 Å². The van der Waals surface area contributed by atoms with E-state index in [9.17, 15) is 10.1 Å². The fourth-order valence-electron chi connectivity index (χ4n) is 2.10. The zero-order valence-corrected chi connectivity index (χ0v) is 11.3. The van der Waals surface area contributed by atoms with E-state index in [1.54, 1.807) is 31.3 Å². The molecule has 0 N–H and O–H groups in total. The van der Waals surface area contributed by atoms with Crippen LogP contribution >= 0.6 is 0 Å². The molecule has 1 aromatic heterocycles. The molecule has 0 radical (unpaired) electrons. The molecule has 2 aromatic carbocycles. The quantitative estimate of drug-likeness (QED) is 0.531. The first-order valence-electron chi connectivity index (χ1n) is 6.41. The lowest BCUT2D eigenvalue weighted by molar-refractivity contribution is -0.385. The Balaban J connectivity index is 2.00. The number of aryl methyl sites for hydroxylation is 1. The van der Waals surface area contributed by atoms with E-state index in [-0.39, 0.29) is 11.4 Å². The summed E-state index contributed by atoms with van der Waals surface area (Å²) in [4.78, 5) is 14.9. The van der Waals surface area contributed by atoms with Gasteiger partial charge in [0.2, 0.25) is 5.75 Å². The number of nitrogens with zero attached hydrogens (tertiary/aromatic N) is 2. The smallest absolute Gasteiger partial charge is 0.311 e. The van der Waals surface area contributed by atoms with Crippen LogP contribution in [-0.4, -0.2) is 9.91 Å². The number of ether oxygens (including phenoxy) is 1. The molecule has 0 amide bonds. The van der Waals surface area contributed by atoms with Gasteiger partial charge in [0.05, 0.1) is 10.4 Å². The van der Waals surface area contributed by atoms with Gasteiger partial charge in [-0.05, 0) is 42.8 Å². The van der Waals surface area contributed by atoms with Gasteiger partial charge in [-0.1, -0.05) is 12.1 Å². The molecule has 0 fully saturated rings. The minimum atomic E-state index is -0.440. The SMILES string of the molecule is Cc1ccc(Oc2ccc3ncccc3c2)c([N+](=O)[O-])c1. The van der Waals surface area contributed by atoms with E-state index in [4.69, 9.17) is 4.74 Å². The minimum absolute atomic E-state index is 0.0405. The molecule has 0 aliphatic heterocycles. The molecule has 3 aromatic rings. The predicted octanol–water partition coefficient (Wildman–Crippen LogP) is 4.24. The van der Waals surface area contributed by atoms with E-state index in [2.05, 4.69) is 4.98 Å². The first-order chi connectivity index (χ1) is 10.1. The largest absolute Gasteiger partial charge is 0.450 e. The van der Waals surface area contributed by atoms with Gasteiger partial charge >= 0.3 is 5.69 Å². The Hall–Kier alpha value is -2.95. The number of rotatable bonds is 3. The third kappa shape index (κ3) is 2.67. The molecule has 104 valence electrons. The summed E-state index contributed by atoms with van der Waals surface area (Å²) < 4.78 is 5.66. The highest BCUT2D eigenvalue weighted by atomic mass is 16.6. The Kier molecular flexibility index (Phi) is 3.23. The van der Waals surface area contributed by atoms with E-state index < -0.39 is 4.92 Å². The van der Waals surface area contributed by atoms with Crippen LogP contribution in [0.25, 0.3) is 10.9 Å². The molecule has 1 heterocycles. The normalized spacial score (nSPS) is 10.5. The van der Waals surface area contributed by atoms with Crippen LogP contribution in [0.15, 0.2) is 54.7 Å². The van der Waals surface area contributed by atoms with Crippen molar-refractivity contribution in [2.75, 3.05) is 0 Å². The Morgan fingerprint density at radius 2 is 2.00 bits per heavy atom. The Bertz CT molecular complexity index is 831. The van der Waals surface area contributed by atoms with Gasteiger partial charge in [-0.3, -0.25) is 15.1 Å². The highest BCUT2D eigenvalue weighted by molar-refractivity contribution is 5.79. The third-order valence-electron chi connectivity index (χ3n) is 3.11. The van der Waals surface area contributed by atoms with Gasteiger partial charge in [-0.15, -0.1) is 0 Å². The van der Waals surface area contributed by atoms with Gasteiger partial charge < -0.3 is 4.74 Å². The number of aromatic nitrogens is 1. The van der Waals surface area contributed by atoms with E-state index in [0.717, 1.165) is 16.5 Å². The number of hydrogen-bond acceptors (Lipinski definition) is 4. The standard InChI is InChI=1S/C16H12N2O3/c1-11-4-7-16(15(9-11)18(19)20)21-13-5-6-14-12(10-13)3-2-8-17-14/h2-10H,1H3. The van der Waals surface area contributed by atoms with Crippen molar-refractivity contribution in [1.29, 1.82) is 0 Å². The maximum absolute atomic E-state index is 11.1. The van der Waals surface area contributed by atoms with Gasteiger partial charge in [-0.2, -0.15) is 0 Å². The molecule has 0 aliphatic carbocycles. The zero-order chi connectivity index (χ0) is 14.8. The Labute approximate surface area is 121 Å². The van der Waals surface area contributed by atoms with Crippen molar-refractivity contribution in [1.82, 2.24) is 4.98 Å². The van der Waals surface area contributed by atoms with E-state index in [1.807, 2.05) is 24.3 Å². The van der Waals surface area contributed by atoms with Crippen LogP contribution in [0, 0.1) is 17.0 Å².